The minimum atomic E-state index is -4.01. The lowest BCUT2D eigenvalue weighted by molar-refractivity contribution is 0.0757. The van der Waals surface area contributed by atoms with Crippen LogP contribution in [0.15, 0.2) is 17.0 Å². The monoisotopic (exact) mass is 350 g/mol. The third-order valence-corrected chi connectivity index (χ3v) is 5.09. The highest BCUT2D eigenvalue weighted by Gasteiger charge is 2.28. The highest BCUT2D eigenvalue weighted by molar-refractivity contribution is 7.89. The number of halogens is 2. The molecule has 0 bridgehead atoms. The molecule has 5 nitrogen and oxygen atoms in total. The molecule has 1 aliphatic rings. The Balaban J connectivity index is 2.39. The van der Waals surface area contributed by atoms with Crippen LogP contribution in [0.4, 0.5) is 0 Å². The zero-order valence-corrected chi connectivity index (χ0v) is 13.8. The predicted molar refractivity (Wildman–Crippen MR) is 82.1 cm³/mol. The summed E-state index contributed by atoms with van der Waals surface area (Å²) < 4.78 is 23.0. The Labute approximate surface area is 134 Å². The molecule has 2 N–H and O–H groups in total. The number of rotatable bonds is 5. The zero-order chi connectivity index (χ0) is 15.8. The number of nitrogens with two attached hydrogens (primary N) is 1. The minimum absolute atomic E-state index is 0.0932. The third kappa shape index (κ3) is 3.88. The molecular weight excluding hydrogens is 335 g/mol. The van der Waals surface area contributed by atoms with Crippen molar-refractivity contribution in [2.24, 2.45) is 11.1 Å². The van der Waals surface area contributed by atoms with Gasteiger partial charge in [-0.3, -0.25) is 4.79 Å². The molecule has 0 unspecified atom stereocenters. The van der Waals surface area contributed by atoms with Gasteiger partial charge >= 0.3 is 0 Å². The molecule has 0 spiro atoms. The Kier molecular flexibility index (Phi) is 4.82. The maximum absolute atomic E-state index is 12.5. The van der Waals surface area contributed by atoms with E-state index in [0.29, 0.717) is 19.0 Å². The van der Waals surface area contributed by atoms with Crippen LogP contribution in [0.2, 0.25) is 10.0 Å². The Morgan fingerprint density at radius 2 is 1.95 bits per heavy atom. The fourth-order valence-corrected chi connectivity index (χ4v) is 3.45. The van der Waals surface area contributed by atoms with Gasteiger partial charge in [0.1, 0.15) is 4.90 Å². The van der Waals surface area contributed by atoms with E-state index in [-0.39, 0.29) is 26.4 Å². The number of benzene rings is 1. The first-order valence-electron chi connectivity index (χ1n) is 6.55. The standard InChI is InChI=1S/C13H16Cl2N2O3S/c1-2-17(7-8-3-4-8)13(18)9-5-12(21(16,19)20)11(15)6-10(9)14/h5-6,8H,2-4,7H2,1H3,(H2,16,19,20). The molecule has 116 valence electrons. The van der Waals surface area contributed by atoms with Gasteiger partial charge in [-0.1, -0.05) is 23.2 Å². The summed E-state index contributed by atoms with van der Waals surface area (Å²) in [6.07, 6.45) is 2.22. The van der Waals surface area contributed by atoms with E-state index in [0.717, 1.165) is 18.9 Å². The van der Waals surface area contributed by atoms with Crippen LogP contribution in [-0.4, -0.2) is 32.3 Å². The number of carbonyl (C=O) groups is 1. The van der Waals surface area contributed by atoms with Crippen molar-refractivity contribution >= 4 is 39.1 Å². The topological polar surface area (TPSA) is 80.5 Å². The van der Waals surface area contributed by atoms with Crippen molar-refractivity contribution in [3.8, 4) is 0 Å². The predicted octanol–water partition coefficient (Wildman–Crippen LogP) is 2.51. The number of hydrogen-bond acceptors (Lipinski definition) is 3. The highest BCUT2D eigenvalue weighted by Crippen LogP contribution is 2.32. The molecule has 1 amide bonds. The molecule has 0 saturated heterocycles. The molecule has 21 heavy (non-hydrogen) atoms. The van der Waals surface area contributed by atoms with Crippen LogP contribution in [0.25, 0.3) is 0 Å². The number of hydrogen-bond donors (Lipinski definition) is 1. The molecule has 0 radical (unpaired) electrons. The smallest absolute Gasteiger partial charge is 0.255 e. The second-order valence-electron chi connectivity index (χ2n) is 5.09. The lowest BCUT2D eigenvalue weighted by Gasteiger charge is -2.21. The van der Waals surface area contributed by atoms with Gasteiger partial charge in [0.2, 0.25) is 10.0 Å². The summed E-state index contributed by atoms with van der Waals surface area (Å²) in [7, 11) is -4.01. The SMILES string of the molecule is CCN(CC1CC1)C(=O)c1cc(S(N)(=O)=O)c(Cl)cc1Cl. The van der Waals surface area contributed by atoms with Gasteiger partial charge in [-0.05, 0) is 37.8 Å². The van der Waals surface area contributed by atoms with Crippen LogP contribution in [0.1, 0.15) is 30.1 Å². The molecule has 0 heterocycles. The summed E-state index contributed by atoms with van der Waals surface area (Å²) in [6.45, 7) is 3.04. The Morgan fingerprint density at radius 1 is 1.33 bits per heavy atom. The first kappa shape index (κ1) is 16.5. The Bertz CT molecular complexity index is 672. The molecule has 1 aromatic carbocycles. The second kappa shape index (κ2) is 6.12. The van der Waals surface area contributed by atoms with Crippen molar-refractivity contribution in [3.05, 3.63) is 27.7 Å². The van der Waals surface area contributed by atoms with Crippen LogP contribution in [0.5, 0.6) is 0 Å². The number of carbonyl (C=O) groups excluding carboxylic acids is 1. The lowest BCUT2D eigenvalue weighted by Crippen LogP contribution is -2.33. The first-order valence-corrected chi connectivity index (χ1v) is 8.85. The van der Waals surface area contributed by atoms with Gasteiger partial charge in [-0.15, -0.1) is 0 Å². The van der Waals surface area contributed by atoms with E-state index < -0.39 is 10.0 Å². The van der Waals surface area contributed by atoms with Crippen LogP contribution >= 0.6 is 23.2 Å². The van der Waals surface area contributed by atoms with Gasteiger partial charge in [0.05, 0.1) is 15.6 Å². The molecule has 0 aliphatic heterocycles. The van der Waals surface area contributed by atoms with Crippen molar-refractivity contribution in [2.75, 3.05) is 13.1 Å². The fraction of sp³-hybridized carbons (Fsp3) is 0.462. The van der Waals surface area contributed by atoms with E-state index in [1.165, 1.54) is 6.07 Å². The second-order valence-corrected chi connectivity index (χ2v) is 7.44. The van der Waals surface area contributed by atoms with Gasteiger partial charge in [-0.2, -0.15) is 0 Å². The Hall–Kier alpha value is -0.820. The van der Waals surface area contributed by atoms with Crippen molar-refractivity contribution in [1.29, 1.82) is 0 Å². The maximum atomic E-state index is 12.5. The fourth-order valence-electron chi connectivity index (χ4n) is 2.05. The summed E-state index contributed by atoms with van der Waals surface area (Å²) in [5, 5.41) is 5.12. The normalized spacial score (nSPS) is 15.0. The minimum Gasteiger partial charge on any atom is -0.339 e. The van der Waals surface area contributed by atoms with E-state index in [9.17, 15) is 13.2 Å². The zero-order valence-electron chi connectivity index (χ0n) is 11.5. The average molecular weight is 351 g/mol. The number of amides is 1. The quantitative estimate of drug-likeness (QED) is 0.885. The van der Waals surface area contributed by atoms with Gasteiger partial charge in [0.25, 0.3) is 5.91 Å². The number of nitrogens with zero attached hydrogens (tertiary/aromatic N) is 1. The van der Waals surface area contributed by atoms with Crippen LogP contribution in [0.3, 0.4) is 0 Å². The average Bonchev–Trinajstić information content (AvgIpc) is 3.17. The van der Waals surface area contributed by atoms with E-state index in [1.54, 1.807) is 4.90 Å². The summed E-state index contributed by atoms with van der Waals surface area (Å²) in [5.41, 5.74) is 0.104. The Morgan fingerprint density at radius 3 is 2.43 bits per heavy atom. The van der Waals surface area contributed by atoms with E-state index in [4.69, 9.17) is 28.3 Å². The first-order chi connectivity index (χ1) is 9.74. The van der Waals surface area contributed by atoms with Crippen molar-refractivity contribution in [2.45, 2.75) is 24.7 Å². The van der Waals surface area contributed by atoms with Gasteiger partial charge in [-0.25, -0.2) is 13.6 Å². The highest BCUT2D eigenvalue weighted by atomic mass is 35.5. The molecule has 2 rings (SSSR count). The molecule has 0 atom stereocenters. The molecule has 1 aromatic rings. The molecule has 8 heteroatoms. The molecular formula is C13H16Cl2N2O3S. The van der Waals surface area contributed by atoms with Crippen LogP contribution in [-0.2, 0) is 10.0 Å². The lowest BCUT2D eigenvalue weighted by atomic mass is 10.2. The van der Waals surface area contributed by atoms with Crippen molar-refractivity contribution in [3.63, 3.8) is 0 Å². The van der Waals surface area contributed by atoms with Gasteiger partial charge < -0.3 is 4.90 Å². The summed E-state index contributed by atoms with van der Waals surface area (Å²) >= 11 is 11.9. The van der Waals surface area contributed by atoms with E-state index >= 15 is 0 Å². The van der Waals surface area contributed by atoms with E-state index in [2.05, 4.69) is 0 Å². The maximum Gasteiger partial charge on any atom is 0.255 e. The third-order valence-electron chi connectivity index (χ3n) is 3.40. The number of sulfonamides is 1. The summed E-state index contributed by atoms with van der Waals surface area (Å²) in [5.74, 6) is 0.216. The van der Waals surface area contributed by atoms with Crippen LogP contribution < -0.4 is 5.14 Å². The summed E-state index contributed by atoms with van der Waals surface area (Å²) in [4.78, 5) is 13.9. The van der Waals surface area contributed by atoms with Crippen LogP contribution in [0, 0.1) is 5.92 Å². The molecule has 0 aromatic heterocycles. The molecule has 1 fully saturated rings. The van der Waals surface area contributed by atoms with Crippen molar-refractivity contribution in [1.82, 2.24) is 4.90 Å². The van der Waals surface area contributed by atoms with E-state index in [1.807, 2.05) is 6.92 Å². The van der Waals surface area contributed by atoms with Gasteiger partial charge in [0.15, 0.2) is 0 Å². The molecule has 1 saturated carbocycles. The summed E-state index contributed by atoms with van der Waals surface area (Å²) in [6, 6.07) is 2.39. The van der Waals surface area contributed by atoms with Crippen molar-refractivity contribution < 1.29 is 13.2 Å². The number of primary sulfonamides is 1. The largest absolute Gasteiger partial charge is 0.339 e. The molecule has 1 aliphatic carbocycles. The van der Waals surface area contributed by atoms with Gasteiger partial charge in [0, 0.05) is 13.1 Å².